The topological polar surface area (TPSA) is 54.9 Å². The van der Waals surface area contributed by atoms with Crippen molar-refractivity contribution in [1.29, 1.82) is 0 Å². The van der Waals surface area contributed by atoms with Crippen LogP contribution in [0.15, 0.2) is 47.8 Å². The van der Waals surface area contributed by atoms with Gasteiger partial charge in [0.2, 0.25) is 12.7 Å². The number of halogens is 1. The summed E-state index contributed by atoms with van der Waals surface area (Å²) in [5, 5.41) is 3.58. The lowest BCUT2D eigenvalue weighted by atomic mass is 10.1. The Morgan fingerprint density at radius 2 is 1.81 bits per heavy atom. The van der Waals surface area contributed by atoms with E-state index in [1.807, 2.05) is 46.7 Å². The fourth-order valence-corrected chi connectivity index (χ4v) is 4.78. The molecule has 0 spiro atoms. The molecule has 0 saturated carbocycles. The molecule has 0 unspecified atom stereocenters. The van der Waals surface area contributed by atoms with Gasteiger partial charge in [0.25, 0.3) is 0 Å². The maximum Gasteiger partial charge on any atom is 0.231 e. The summed E-state index contributed by atoms with van der Waals surface area (Å²) in [7, 11) is 0. The number of carbonyl (C=O) groups is 1. The van der Waals surface area contributed by atoms with Crippen molar-refractivity contribution in [2.24, 2.45) is 0 Å². The average Bonchev–Trinajstić information content (AvgIpc) is 3.44. The number of piperazine rings is 1. The van der Waals surface area contributed by atoms with Crippen molar-refractivity contribution in [3.8, 4) is 22.1 Å². The number of fused-ring (bicyclic) bond motifs is 1. The summed E-state index contributed by atoms with van der Waals surface area (Å²) in [5.41, 5.74) is 3.04. The highest BCUT2D eigenvalue weighted by molar-refractivity contribution is 7.13. The maximum atomic E-state index is 12.8. The molecule has 0 aliphatic carbocycles. The number of hydrogen-bond acceptors (Lipinski definition) is 6. The average molecular weight is 456 g/mol. The van der Waals surface area contributed by atoms with Crippen LogP contribution in [0.3, 0.4) is 0 Å². The third-order valence-corrected chi connectivity index (χ3v) is 6.74. The van der Waals surface area contributed by atoms with E-state index in [-0.39, 0.29) is 5.91 Å². The lowest BCUT2D eigenvalue weighted by Crippen LogP contribution is -2.48. The first kappa shape index (κ1) is 20.3. The second kappa shape index (κ2) is 8.86. The minimum absolute atomic E-state index is 0.135. The summed E-state index contributed by atoms with van der Waals surface area (Å²) in [5.74, 6) is 1.75. The predicted octanol–water partition coefficient (Wildman–Crippen LogP) is 4.08. The molecule has 31 heavy (non-hydrogen) atoms. The van der Waals surface area contributed by atoms with Crippen LogP contribution in [0.1, 0.15) is 11.3 Å². The van der Waals surface area contributed by atoms with Gasteiger partial charge in [0, 0.05) is 48.7 Å². The molecule has 160 valence electrons. The fourth-order valence-electron chi connectivity index (χ4n) is 3.83. The van der Waals surface area contributed by atoms with Gasteiger partial charge in [-0.25, -0.2) is 4.98 Å². The zero-order chi connectivity index (χ0) is 21.2. The minimum atomic E-state index is 0.135. The summed E-state index contributed by atoms with van der Waals surface area (Å²) in [6.07, 6.45) is 0.340. The quantitative estimate of drug-likeness (QED) is 0.580. The van der Waals surface area contributed by atoms with Gasteiger partial charge in [-0.15, -0.1) is 11.3 Å². The number of amides is 1. The van der Waals surface area contributed by atoms with Crippen LogP contribution in [0.4, 0.5) is 0 Å². The Labute approximate surface area is 190 Å². The molecule has 3 aromatic rings. The third-order valence-electron chi connectivity index (χ3n) is 5.54. The Hall–Kier alpha value is -2.61. The van der Waals surface area contributed by atoms with Crippen molar-refractivity contribution in [1.82, 2.24) is 14.8 Å². The molecule has 2 aromatic carbocycles. The monoisotopic (exact) mass is 455 g/mol. The third kappa shape index (κ3) is 4.69. The molecule has 3 heterocycles. The largest absolute Gasteiger partial charge is 0.454 e. The van der Waals surface area contributed by atoms with Crippen LogP contribution in [0, 0.1) is 0 Å². The van der Waals surface area contributed by atoms with E-state index in [4.69, 9.17) is 21.1 Å². The molecule has 1 aromatic heterocycles. The Kier molecular flexibility index (Phi) is 5.80. The van der Waals surface area contributed by atoms with E-state index >= 15 is 0 Å². The molecule has 2 aliphatic rings. The van der Waals surface area contributed by atoms with Crippen molar-refractivity contribution in [2.75, 3.05) is 33.0 Å². The summed E-state index contributed by atoms with van der Waals surface area (Å²) in [4.78, 5) is 21.7. The van der Waals surface area contributed by atoms with E-state index in [1.54, 1.807) is 11.3 Å². The van der Waals surface area contributed by atoms with Crippen molar-refractivity contribution in [2.45, 2.75) is 13.0 Å². The van der Waals surface area contributed by atoms with E-state index in [0.29, 0.717) is 18.2 Å². The van der Waals surface area contributed by atoms with Crippen LogP contribution in [-0.2, 0) is 17.8 Å². The second-order valence-electron chi connectivity index (χ2n) is 7.67. The first-order chi connectivity index (χ1) is 15.1. The molecule has 0 radical (unpaired) electrons. The van der Waals surface area contributed by atoms with Gasteiger partial charge in [0.05, 0.1) is 12.1 Å². The molecule has 0 N–H and O–H groups in total. The van der Waals surface area contributed by atoms with Gasteiger partial charge in [-0.3, -0.25) is 9.69 Å². The highest BCUT2D eigenvalue weighted by Crippen LogP contribution is 2.33. The molecule has 8 heteroatoms. The summed E-state index contributed by atoms with van der Waals surface area (Å²) in [6.45, 7) is 4.31. The van der Waals surface area contributed by atoms with E-state index in [0.717, 1.165) is 60.5 Å². The van der Waals surface area contributed by atoms with Crippen molar-refractivity contribution in [3.63, 3.8) is 0 Å². The van der Waals surface area contributed by atoms with Crippen LogP contribution in [0.5, 0.6) is 11.5 Å². The Balaban J connectivity index is 1.13. The first-order valence-corrected chi connectivity index (χ1v) is 11.5. The fraction of sp³-hybridized carbons (Fsp3) is 0.304. The summed E-state index contributed by atoms with van der Waals surface area (Å²) >= 11 is 7.51. The second-order valence-corrected chi connectivity index (χ2v) is 8.97. The molecular weight excluding hydrogens is 434 g/mol. The number of ether oxygens (including phenoxy) is 2. The van der Waals surface area contributed by atoms with E-state index in [2.05, 4.69) is 16.0 Å². The number of carbonyl (C=O) groups excluding carboxylic acids is 1. The van der Waals surface area contributed by atoms with E-state index < -0.39 is 0 Å². The highest BCUT2D eigenvalue weighted by Gasteiger charge is 2.23. The zero-order valence-electron chi connectivity index (χ0n) is 16.9. The predicted molar refractivity (Wildman–Crippen MR) is 121 cm³/mol. The van der Waals surface area contributed by atoms with Crippen LogP contribution in [0.25, 0.3) is 10.6 Å². The van der Waals surface area contributed by atoms with Gasteiger partial charge >= 0.3 is 0 Å². The van der Waals surface area contributed by atoms with Gasteiger partial charge in [-0.2, -0.15) is 0 Å². The minimum Gasteiger partial charge on any atom is -0.454 e. The molecular formula is C23H22ClN3O3S. The first-order valence-electron chi connectivity index (χ1n) is 10.2. The molecule has 0 atom stereocenters. The van der Waals surface area contributed by atoms with Crippen LogP contribution in [0.2, 0.25) is 5.02 Å². The van der Waals surface area contributed by atoms with Crippen molar-refractivity contribution < 1.29 is 14.3 Å². The van der Waals surface area contributed by atoms with Crippen LogP contribution in [-0.4, -0.2) is 53.7 Å². The lowest BCUT2D eigenvalue weighted by molar-refractivity contribution is -0.132. The summed E-state index contributed by atoms with van der Waals surface area (Å²) in [6, 6.07) is 13.7. The Morgan fingerprint density at radius 1 is 1.03 bits per heavy atom. The molecule has 2 aliphatic heterocycles. The standard InChI is InChI=1S/C23H22ClN3O3S/c24-18-4-2-17(3-5-18)23-25-19(14-31-23)12-22(28)27-9-7-26(8-10-27)13-16-1-6-20-21(11-16)30-15-29-20/h1-6,11,14H,7-10,12-13,15H2. The lowest BCUT2D eigenvalue weighted by Gasteiger charge is -2.34. The molecule has 0 bridgehead atoms. The number of hydrogen-bond donors (Lipinski definition) is 0. The number of aromatic nitrogens is 1. The number of benzene rings is 2. The number of rotatable bonds is 5. The van der Waals surface area contributed by atoms with Gasteiger partial charge in [0.1, 0.15) is 5.01 Å². The smallest absolute Gasteiger partial charge is 0.231 e. The zero-order valence-corrected chi connectivity index (χ0v) is 18.5. The number of thiazole rings is 1. The van der Waals surface area contributed by atoms with E-state index in [1.165, 1.54) is 5.56 Å². The molecule has 1 amide bonds. The normalized spacial score (nSPS) is 16.0. The highest BCUT2D eigenvalue weighted by atomic mass is 35.5. The number of nitrogens with zero attached hydrogens (tertiary/aromatic N) is 3. The van der Waals surface area contributed by atoms with Gasteiger partial charge in [0.15, 0.2) is 11.5 Å². The molecule has 6 nitrogen and oxygen atoms in total. The van der Waals surface area contributed by atoms with Gasteiger partial charge in [-0.05, 0) is 29.8 Å². The van der Waals surface area contributed by atoms with Crippen molar-refractivity contribution in [3.05, 3.63) is 64.1 Å². The van der Waals surface area contributed by atoms with Crippen LogP contribution >= 0.6 is 22.9 Å². The SMILES string of the molecule is O=C(Cc1csc(-c2ccc(Cl)cc2)n1)N1CCN(Cc2ccc3c(c2)OCO3)CC1. The van der Waals surface area contributed by atoms with E-state index in [9.17, 15) is 4.79 Å². The molecule has 1 saturated heterocycles. The maximum absolute atomic E-state index is 12.8. The molecule has 5 rings (SSSR count). The summed E-state index contributed by atoms with van der Waals surface area (Å²) < 4.78 is 10.8. The van der Waals surface area contributed by atoms with Gasteiger partial charge < -0.3 is 14.4 Å². The van der Waals surface area contributed by atoms with Crippen LogP contribution < -0.4 is 9.47 Å². The Bertz CT molecular complexity index is 1080. The van der Waals surface area contributed by atoms with Crippen molar-refractivity contribution >= 4 is 28.8 Å². The molecule has 1 fully saturated rings. The Morgan fingerprint density at radius 3 is 2.61 bits per heavy atom. The van der Waals surface area contributed by atoms with Gasteiger partial charge in [-0.1, -0.05) is 29.8 Å².